The normalized spacial score (nSPS) is 14.7. The van der Waals surface area contributed by atoms with Gasteiger partial charge in [0, 0.05) is 36.5 Å². The van der Waals surface area contributed by atoms with Crippen LogP contribution in [0.3, 0.4) is 0 Å². The number of rotatable bonds is 8. The molecule has 10 heteroatoms. The van der Waals surface area contributed by atoms with Crippen molar-refractivity contribution in [3.8, 4) is 17.1 Å². The van der Waals surface area contributed by atoms with E-state index in [2.05, 4.69) is 32.3 Å². The Bertz CT molecular complexity index is 1360. The highest BCUT2D eigenvalue weighted by Gasteiger charge is 2.43. The van der Waals surface area contributed by atoms with Gasteiger partial charge in [0.15, 0.2) is 11.6 Å². The highest BCUT2D eigenvalue weighted by atomic mass is 16.5. The van der Waals surface area contributed by atoms with Gasteiger partial charge in [-0.15, -0.1) is 10.2 Å². The van der Waals surface area contributed by atoms with Crippen LogP contribution in [0.4, 0.5) is 17.5 Å². The number of benzene rings is 1. The first kappa shape index (κ1) is 23.0. The smallest absolute Gasteiger partial charge is 0.227 e. The van der Waals surface area contributed by atoms with Gasteiger partial charge in [-0.3, -0.25) is 0 Å². The molecule has 35 heavy (non-hydrogen) atoms. The Morgan fingerprint density at radius 3 is 2.66 bits per heavy atom. The molecule has 1 aliphatic heterocycles. The van der Waals surface area contributed by atoms with Gasteiger partial charge in [-0.05, 0) is 44.5 Å². The van der Waals surface area contributed by atoms with Gasteiger partial charge in [0.2, 0.25) is 5.95 Å². The van der Waals surface area contributed by atoms with Crippen LogP contribution in [-0.2, 0) is 11.8 Å². The largest absolute Gasteiger partial charge is 0.495 e. The number of nitrogens with one attached hydrogen (secondary N) is 1. The highest BCUT2D eigenvalue weighted by Crippen LogP contribution is 2.36. The lowest BCUT2D eigenvalue weighted by atomic mass is 9.90. The van der Waals surface area contributed by atoms with E-state index in [4.69, 9.17) is 19.4 Å². The maximum absolute atomic E-state index is 6.04. The van der Waals surface area contributed by atoms with Crippen LogP contribution in [0.15, 0.2) is 36.8 Å². The Balaban J connectivity index is 1.46. The molecule has 1 aliphatic rings. The predicted octanol–water partition coefficient (Wildman–Crippen LogP) is 3.89. The maximum atomic E-state index is 6.04. The number of ether oxygens (including phenoxy) is 2. The minimum Gasteiger partial charge on any atom is -0.495 e. The fourth-order valence-corrected chi connectivity index (χ4v) is 4.55. The summed E-state index contributed by atoms with van der Waals surface area (Å²) in [7, 11) is 3.54. The number of nitrogens with zero attached hydrogens (tertiary/aromatic N) is 7. The van der Waals surface area contributed by atoms with E-state index in [1.54, 1.807) is 13.4 Å². The number of anilines is 3. The second-order valence-electron chi connectivity index (χ2n) is 8.85. The van der Waals surface area contributed by atoms with Crippen molar-refractivity contribution in [2.24, 2.45) is 7.05 Å². The SMILES string of the molecule is CCOC1(CC)CN(c2nc(C)cc3cnc(Nc4ccc(-c5nncn5C)cc4OC)nc23)C1. The molecule has 10 nitrogen and oxygen atoms in total. The third-order valence-corrected chi connectivity index (χ3v) is 6.45. The van der Waals surface area contributed by atoms with Crippen LogP contribution in [0.1, 0.15) is 26.0 Å². The van der Waals surface area contributed by atoms with Gasteiger partial charge >= 0.3 is 0 Å². The van der Waals surface area contributed by atoms with Gasteiger partial charge in [-0.25, -0.2) is 15.0 Å². The number of hydrogen-bond acceptors (Lipinski definition) is 9. The van der Waals surface area contributed by atoms with Crippen LogP contribution in [0.25, 0.3) is 22.3 Å². The van der Waals surface area contributed by atoms with Gasteiger partial charge in [-0.1, -0.05) is 6.92 Å². The summed E-state index contributed by atoms with van der Waals surface area (Å²) < 4.78 is 13.5. The van der Waals surface area contributed by atoms with E-state index in [1.807, 2.05) is 55.9 Å². The van der Waals surface area contributed by atoms with Crippen LogP contribution >= 0.6 is 0 Å². The minimum absolute atomic E-state index is 0.113. The highest BCUT2D eigenvalue weighted by molar-refractivity contribution is 5.90. The summed E-state index contributed by atoms with van der Waals surface area (Å²) in [6.45, 7) is 8.51. The zero-order valence-electron chi connectivity index (χ0n) is 20.7. The van der Waals surface area contributed by atoms with Crippen molar-refractivity contribution in [2.75, 3.05) is 37.0 Å². The Morgan fingerprint density at radius 1 is 1.14 bits per heavy atom. The summed E-state index contributed by atoms with van der Waals surface area (Å²) >= 11 is 0. The van der Waals surface area contributed by atoms with Crippen LogP contribution in [-0.4, -0.2) is 62.1 Å². The fraction of sp³-hybridized carbons (Fsp3) is 0.400. The van der Waals surface area contributed by atoms with Crippen molar-refractivity contribution < 1.29 is 9.47 Å². The number of hydrogen-bond donors (Lipinski definition) is 1. The van der Waals surface area contributed by atoms with Crippen molar-refractivity contribution >= 4 is 28.4 Å². The second-order valence-corrected chi connectivity index (χ2v) is 8.85. The van der Waals surface area contributed by atoms with Crippen molar-refractivity contribution in [2.45, 2.75) is 32.8 Å². The van der Waals surface area contributed by atoms with Crippen LogP contribution in [0.2, 0.25) is 0 Å². The average Bonchev–Trinajstić information content (AvgIpc) is 3.27. The molecule has 4 heterocycles. The number of pyridine rings is 1. The van der Waals surface area contributed by atoms with E-state index in [0.29, 0.717) is 18.3 Å². The monoisotopic (exact) mass is 474 g/mol. The third-order valence-electron chi connectivity index (χ3n) is 6.45. The molecule has 1 saturated heterocycles. The third kappa shape index (κ3) is 4.25. The Hall–Kier alpha value is -3.79. The van der Waals surface area contributed by atoms with Gasteiger partial charge in [-0.2, -0.15) is 0 Å². The van der Waals surface area contributed by atoms with Crippen LogP contribution in [0, 0.1) is 6.92 Å². The Kier molecular flexibility index (Phi) is 5.98. The van der Waals surface area contributed by atoms with Gasteiger partial charge < -0.3 is 24.3 Å². The van der Waals surface area contributed by atoms with E-state index in [1.165, 1.54) is 0 Å². The number of fused-ring (bicyclic) bond motifs is 1. The summed E-state index contributed by atoms with van der Waals surface area (Å²) in [5.74, 6) is 2.75. The molecule has 0 radical (unpaired) electrons. The standard InChI is InChI=1S/C25H30N8O2/c1-6-25(35-7-2)13-33(14-25)23-21-18(10-16(3)28-23)12-26-24(30-21)29-19-9-8-17(11-20(19)34-5)22-31-27-15-32(22)4/h8-12,15H,6-7,13-14H2,1-5H3,(H,26,29,30). The number of aryl methyl sites for hydroxylation is 2. The first-order valence-electron chi connectivity index (χ1n) is 11.8. The first-order chi connectivity index (χ1) is 16.9. The van der Waals surface area contributed by atoms with Crippen molar-refractivity contribution in [1.29, 1.82) is 0 Å². The molecule has 0 bridgehead atoms. The maximum Gasteiger partial charge on any atom is 0.227 e. The zero-order chi connectivity index (χ0) is 24.6. The Morgan fingerprint density at radius 2 is 1.97 bits per heavy atom. The lowest BCUT2D eigenvalue weighted by molar-refractivity contribution is -0.0619. The average molecular weight is 475 g/mol. The molecule has 1 fully saturated rings. The van der Waals surface area contributed by atoms with E-state index in [0.717, 1.165) is 59.0 Å². The van der Waals surface area contributed by atoms with E-state index < -0.39 is 0 Å². The molecule has 0 atom stereocenters. The van der Waals surface area contributed by atoms with Crippen molar-refractivity contribution in [1.82, 2.24) is 29.7 Å². The molecule has 0 unspecified atom stereocenters. The zero-order valence-corrected chi connectivity index (χ0v) is 20.7. The van der Waals surface area contributed by atoms with Gasteiger partial charge in [0.25, 0.3) is 0 Å². The number of aromatic nitrogens is 6. The van der Waals surface area contributed by atoms with Gasteiger partial charge in [0.05, 0.1) is 25.9 Å². The summed E-state index contributed by atoms with van der Waals surface area (Å²) in [4.78, 5) is 16.5. The Labute approximate surface area is 204 Å². The minimum atomic E-state index is -0.113. The molecule has 4 aromatic rings. The summed E-state index contributed by atoms with van der Waals surface area (Å²) in [6, 6.07) is 7.82. The summed E-state index contributed by atoms with van der Waals surface area (Å²) in [5.41, 5.74) is 3.29. The van der Waals surface area contributed by atoms with Crippen LogP contribution in [0.5, 0.6) is 5.75 Å². The lowest BCUT2D eigenvalue weighted by Crippen LogP contribution is -2.63. The molecule has 3 aromatic heterocycles. The van der Waals surface area contributed by atoms with E-state index in [-0.39, 0.29) is 5.60 Å². The molecule has 1 N–H and O–H groups in total. The molecule has 0 saturated carbocycles. The first-order valence-corrected chi connectivity index (χ1v) is 11.8. The molecule has 1 aromatic carbocycles. The summed E-state index contributed by atoms with van der Waals surface area (Å²) in [6.07, 6.45) is 4.47. The summed E-state index contributed by atoms with van der Waals surface area (Å²) in [5, 5.41) is 12.4. The van der Waals surface area contributed by atoms with E-state index >= 15 is 0 Å². The molecule has 182 valence electrons. The predicted molar refractivity (Wildman–Crippen MR) is 135 cm³/mol. The van der Waals surface area contributed by atoms with Gasteiger partial charge in [0.1, 0.15) is 23.2 Å². The molecular weight excluding hydrogens is 444 g/mol. The molecular formula is C25H30N8O2. The molecule has 5 rings (SSSR count). The number of methoxy groups -OCH3 is 1. The molecule has 0 spiro atoms. The van der Waals surface area contributed by atoms with Crippen molar-refractivity contribution in [3.63, 3.8) is 0 Å². The van der Waals surface area contributed by atoms with Crippen LogP contribution < -0.4 is 15.0 Å². The lowest BCUT2D eigenvalue weighted by Gasteiger charge is -2.50. The quantitative estimate of drug-likeness (QED) is 0.407. The topological polar surface area (TPSA) is 103 Å². The molecule has 0 amide bonds. The second kappa shape index (κ2) is 9.10. The molecule has 0 aliphatic carbocycles. The van der Waals surface area contributed by atoms with Crippen molar-refractivity contribution in [3.05, 3.63) is 42.5 Å². The van der Waals surface area contributed by atoms with E-state index in [9.17, 15) is 0 Å². The fourth-order valence-electron chi connectivity index (χ4n) is 4.55.